The molecule has 22 heavy (non-hydrogen) atoms. The molecular weight excluding hydrogens is 362 g/mol. The van der Waals surface area contributed by atoms with Crippen LogP contribution in [0.15, 0.2) is 46.2 Å². The number of nitrogens with zero attached hydrogens (tertiary/aromatic N) is 1. The average molecular weight is 378 g/mol. The first-order valence-electron chi connectivity index (χ1n) is 7.10. The molecule has 0 saturated heterocycles. The van der Waals surface area contributed by atoms with Crippen LogP contribution in [0.5, 0.6) is 5.75 Å². The molecule has 5 heteroatoms. The minimum atomic E-state index is -0.121. The molecule has 0 fully saturated rings. The predicted octanol–water partition coefficient (Wildman–Crippen LogP) is 4.98. The van der Waals surface area contributed by atoms with Gasteiger partial charge in [0.2, 0.25) is 0 Å². The number of hydrogen-bond donors (Lipinski definition) is 1. The van der Waals surface area contributed by atoms with Gasteiger partial charge in [-0.05, 0) is 37.6 Å². The van der Waals surface area contributed by atoms with Gasteiger partial charge in [-0.2, -0.15) is 0 Å². The van der Waals surface area contributed by atoms with Crippen LogP contribution in [0, 0.1) is 0 Å². The number of benzene rings is 2. The normalized spacial score (nSPS) is 12.7. The number of para-hydroxylation sites is 1. The summed E-state index contributed by atoms with van der Waals surface area (Å²) in [5, 5.41) is 11.5. The fourth-order valence-corrected chi connectivity index (χ4v) is 4.00. The van der Waals surface area contributed by atoms with Crippen molar-refractivity contribution in [3.63, 3.8) is 0 Å². The van der Waals surface area contributed by atoms with Crippen LogP contribution in [0.4, 0.5) is 11.4 Å². The first-order valence-corrected chi connectivity index (χ1v) is 9.04. The van der Waals surface area contributed by atoms with Crippen LogP contribution in [-0.2, 0) is 0 Å². The Kier molecular flexibility index (Phi) is 4.45. The zero-order chi connectivity index (χ0) is 15.7. The largest absolute Gasteiger partial charge is 0.505 e. The van der Waals surface area contributed by atoms with E-state index in [1.54, 1.807) is 17.8 Å². The number of carbonyl (C=O) groups excluding carboxylic acids is 1. The molecule has 0 radical (unpaired) electrons. The van der Waals surface area contributed by atoms with Crippen LogP contribution < -0.4 is 4.90 Å². The van der Waals surface area contributed by atoms with E-state index in [1.807, 2.05) is 18.2 Å². The Bertz CT molecular complexity index is 733. The zero-order valence-electron chi connectivity index (χ0n) is 12.2. The molecule has 114 valence electrons. The number of anilines is 2. The molecule has 0 spiro atoms. The van der Waals surface area contributed by atoms with Gasteiger partial charge >= 0.3 is 0 Å². The van der Waals surface area contributed by atoms with Crippen LogP contribution in [0.25, 0.3) is 0 Å². The molecule has 2 aromatic carbocycles. The number of rotatable bonds is 4. The fraction of sp³-hybridized carbons (Fsp3) is 0.235. The van der Waals surface area contributed by atoms with Crippen molar-refractivity contribution >= 4 is 44.8 Å². The Labute approximate surface area is 142 Å². The Hall–Kier alpha value is -1.46. The Balaban J connectivity index is 2.16. The molecule has 3 rings (SSSR count). The minimum absolute atomic E-state index is 0.0848. The van der Waals surface area contributed by atoms with E-state index in [0.29, 0.717) is 5.56 Å². The average Bonchev–Trinajstić information content (AvgIpc) is 2.51. The van der Waals surface area contributed by atoms with Gasteiger partial charge in [-0.25, -0.2) is 0 Å². The molecule has 0 unspecified atom stereocenters. The smallest absolute Gasteiger partial charge is 0.163 e. The van der Waals surface area contributed by atoms with Crippen molar-refractivity contribution in [3.05, 3.63) is 42.0 Å². The van der Waals surface area contributed by atoms with Crippen LogP contribution in [-0.4, -0.2) is 22.8 Å². The molecular formula is C17H16BrNO2S. The summed E-state index contributed by atoms with van der Waals surface area (Å²) < 4.78 is 0. The standard InChI is InChI=1S/C17H16BrNO2S/c1-11(20)12-7-8-15-16(17(12)21)19(10-4-9-18)13-5-2-3-6-14(13)22-15/h2-3,5-8,21H,4,9-10H2,1H3. The molecule has 1 heterocycles. The van der Waals surface area contributed by atoms with Gasteiger partial charge in [0.25, 0.3) is 0 Å². The van der Waals surface area contributed by atoms with Crippen LogP contribution >= 0.6 is 27.7 Å². The van der Waals surface area contributed by atoms with Crippen molar-refractivity contribution in [2.75, 3.05) is 16.8 Å². The molecule has 0 aromatic heterocycles. The SMILES string of the molecule is CC(=O)c1ccc2c(c1O)N(CCCBr)c1ccccc1S2. The van der Waals surface area contributed by atoms with E-state index >= 15 is 0 Å². The minimum Gasteiger partial charge on any atom is -0.505 e. The molecule has 1 aliphatic rings. The lowest BCUT2D eigenvalue weighted by Crippen LogP contribution is -2.22. The van der Waals surface area contributed by atoms with E-state index in [4.69, 9.17) is 0 Å². The third kappa shape index (κ3) is 2.63. The summed E-state index contributed by atoms with van der Waals surface area (Å²) in [6.45, 7) is 2.26. The zero-order valence-corrected chi connectivity index (χ0v) is 14.6. The van der Waals surface area contributed by atoms with Gasteiger partial charge in [-0.15, -0.1) is 0 Å². The van der Waals surface area contributed by atoms with Crippen LogP contribution in [0.3, 0.4) is 0 Å². The van der Waals surface area contributed by atoms with E-state index in [9.17, 15) is 9.90 Å². The van der Waals surface area contributed by atoms with Gasteiger partial charge in [0.15, 0.2) is 11.5 Å². The van der Waals surface area contributed by atoms with Gasteiger partial charge < -0.3 is 10.0 Å². The van der Waals surface area contributed by atoms with Gasteiger partial charge in [-0.3, -0.25) is 4.79 Å². The summed E-state index contributed by atoms with van der Waals surface area (Å²) in [6, 6.07) is 11.8. The van der Waals surface area contributed by atoms with E-state index in [1.165, 1.54) is 11.8 Å². The summed E-state index contributed by atoms with van der Waals surface area (Å²) in [5.74, 6) is -0.0359. The highest BCUT2D eigenvalue weighted by atomic mass is 79.9. The number of ketones is 1. The number of phenols is 1. The number of fused-ring (bicyclic) bond motifs is 2. The number of hydrogen-bond acceptors (Lipinski definition) is 4. The summed E-state index contributed by atoms with van der Waals surface area (Å²) in [5.41, 5.74) is 2.21. The summed E-state index contributed by atoms with van der Waals surface area (Å²) in [4.78, 5) is 16.0. The van der Waals surface area contributed by atoms with Gasteiger partial charge in [0, 0.05) is 21.7 Å². The number of aromatic hydroxyl groups is 1. The van der Waals surface area contributed by atoms with Crippen molar-refractivity contribution in [1.29, 1.82) is 0 Å². The second-order valence-electron chi connectivity index (χ2n) is 5.13. The van der Waals surface area contributed by atoms with E-state index in [2.05, 4.69) is 33.0 Å². The van der Waals surface area contributed by atoms with Crippen molar-refractivity contribution in [3.8, 4) is 5.75 Å². The van der Waals surface area contributed by atoms with Crippen molar-refractivity contribution in [2.45, 2.75) is 23.1 Å². The first kappa shape index (κ1) is 15.4. The highest BCUT2D eigenvalue weighted by Crippen LogP contribution is 2.52. The predicted molar refractivity (Wildman–Crippen MR) is 94.1 cm³/mol. The van der Waals surface area contributed by atoms with Crippen molar-refractivity contribution < 1.29 is 9.90 Å². The maximum atomic E-state index is 11.7. The Morgan fingerprint density at radius 1 is 1.23 bits per heavy atom. The number of halogens is 1. The highest BCUT2D eigenvalue weighted by molar-refractivity contribution is 9.09. The third-order valence-corrected chi connectivity index (χ3v) is 5.33. The maximum Gasteiger partial charge on any atom is 0.163 e. The summed E-state index contributed by atoms with van der Waals surface area (Å²) in [7, 11) is 0. The number of Topliss-reactive ketones (excluding diaryl/α,β-unsaturated/α-hetero) is 1. The van der Waals surface area contributed by atoms with Gasteiger partial charge in [0.1, 0.15) is 0 Å². The topological polar surface area (TPSA) is 40.5 Å². The lowest BCUT2D eigenvalue weighted by Gasteiger charge is -2.33. The molecule has 0 aliphatic carbocycles. The van der Waals surface area contributed by atoms with Gasteiger partial charge in [0.05, 0.1) is 16.9 Å². The molecule has 0 atom stereocenters. The third-order valence-electron chi connectivity index (χ3n) is 3.65. The van der Waals surface area contributed by atoms with Gasteiger partial charge in [-0.1, -0.05) is 39.8 Å². The van der Waals surface area contributed by atoms with Crippen molar-refractivity contribution in [1.82, 2.24) is 0 Å². The van der Waals surface area contributed by atoms with E-state index < -0.39 is 0 Å². The number of phenolic OH excluding ortho intramolecular Hbond substituents is 1. The quantitative estimate of drug-likeness (QED) is 0.602. The molecule has 3 nitrogen and oxygen atoms in total. The van der Waals surface area contributed by atoms with E-state index in [0.717, 1.165) is 34.6 Å². The number of alkyl halides is 1. The molecule has 0 saturated carbocycles. The monoisotopic (exact) mass is 377 g/mol. The second kappa shape index (κ2) is 6.34. The van der Waals surface area contributed by atoms with Crippen LogP contribution in [0.2, 0.25) is 0 Å². The second-order valence-corrected chi connectivity index (χ2v) is 7.01. The lowest BCUT2D eigenvalue weighted by atomic mass is 10.1. The maximum absolute atomic E-state index is 11.7. The van der Waals surface area contributed by atoms with Crippen LogP contribution in [0.1, 0.15) is 23.7 Å². The van der Waals surface area contributed by atoms with Crippen molar-refractivity contribution in [2.24, 2.45) is 0 Å². The summed E-state index contributed by atoms with van der Waals surface area (Å²) >= 11 is 5.09. The molecule has 1 aliphatic heterocycles. The molecule has 0 bridgehead atoms. The molecule has 2 aromatic rings. The fourth-order valence-electron chi connectivity index (χ4n) is 2.64. The molecule has 1 N–H and O–H groups in total. The number of carbonyl (C=O) groups is 1. The Morgan fingerprint density at radius 3 is 2.73 bits per heavy atom. The van der Waals surface area contributed by atoms with E-state index in [-0.39, 0.29) is 11.5 Å². The lowest BCUT2D eigenvalue weighted by molar-refractivity contribution is 0.101. The Morgan fingerprint density at radius 2 is 2.00 bits per heavy atom. The molecule has 0 amide bonds. The highest BCUT2D eigenvalue weighted by Gasteiger charge is 2.27. The first-order chi connectivity index (χ1) is 10.6. The summed E-state index contributed by atoms with van der Waals surface area (Å²) in [6.07, 6.45) is 0.947.